The minimum Gasteiger partial charge on any atom is -0.292 e. The molecule has 0 bridgehead atoms. The summed E-state index contributed by atoms with van der Waals surface area (Å²) < 4.78 is 2.92. The maximum atomic E-state index is 13.4. The molecule has 0 aliphatic heterocycles. The molecule has 0 unspecified atom stereocenters. The predicted molar refractivity (Wildman–Crippen MR) is 117 cm³/mol. The van der Waals surface area contributed by atoms with Gasteiger partial charge >= 0.3 is 0 Å². The van der Waals surface area contributed by atoms with Crippen LogP contribution in [0.4, 0.5) is 0 Å². The molecule has 2 aromatic heterocycles. The van der Waals surface area contributed by atoms with Crippen LogP contribution in [0.1, 0.15) is 46.9 Å². The Morgan fingerprint density at radius 1 is 1.03 bits per heavy atom. The van der Waals surface area contributed by atoms with E-state index in [1.165, 1.54) is 10.2 Å². The van der Waals surface area contributed by atoms with Crippen LogP contribution in [0.2, 0.25) is 0 Å². The Balaban J connectivity index is 1.90. The average Bonchev–Trinajstić information content (AvgIpc) is 3.18. The fourth-order valence-corrected chi connectivity index (χ4v) is 3.53. The second-order valence-electron chi connectivity index (χ2n) is 7.88. The molecular formula is C24H24N4O2. The van der Waals surface area contributed by atoms with E-state index in [4.69, 9.17) is 0 Å². The molecule has 30 heavy (non-hydrogen) atoms. The summed E-state index contributed by atoms with van der Waals surface area (Å²) in [6, 6.07) is 14.9. The Labute approximate surface area is 174 Å². The van der Waals surface area contributed by atoms with Gasteiger partial charge in [0.05, 0.1) is 17.6 Å². The van der Waals surface area contributed by atoms with Crippen molar-refractivity contribution < 1.29 is 4.79 Å². The molecule has 2 aromatic carbocycles. The molecule has 4 rings (SSSR count). The quantitative estimate of drug-likeness (QED) is 0.471. The van der Waals surface area contributed by atoms with Gasteiger partial charge in [-0.2, -0.15) is 10.2 Å². The van der Waals surface area contributed by atoms with Crippen molar-refractivity contribution in [1.82, 2.24) is 19.6 Å². The summed E-state index contributed by atoms with van der Waals surface area (Å²) in [5.41, 5.74) is 4.53. The van der Waals surface area contributed by atoms with Crippen LogP contribution < -0.4 is 5.56 Å². The van der Waals surface area contributed by atoms with Gasteiger partial charge in [-0.25, -0.2) is 9.36 Å². The monoisotopic (exact) mass is 400 g/mol. The summed E-state index contributed by atoms with van der Waals surface area (Å²) in [4.78, 5) is 26.1. The Hall–Kier alpha value is -3.54. The van der Waals surface area contributed by atoms with Crippen LogP contribution in [0.25, 0.3) is 16.6 Å². The van der Waals surface area contributed by atoms with Crippen LogP contribution in [-0.4, -0.2) is 25.3 Å². The van der Waals surface area contributed by atoms with Gasteiger partial charge in [0.2, 0.25) is 0 Å². The Morgan fingerprint density at radius 3 is 2.43 bits per heavy atom. The second-order valence-corrected chi connectivity index (χ2v) is 7.88. The first-order valence-corrected chi connectivity index (χ1v) is 10.0. The highest BCUT2D eigenvalue weighted by molar-refractivity contribution is 5.96. The van der Waals surface area contributed by atoms with E-state index in [-0.39, 0.29) is 23.8 Å². The first-order valence-electron chi connectivity index (χ1n) is 10.0. The number of nitrogens with zero attached hydrogens (tertiary/aromatic N) is 4. The smallest absolute Gasteiger partial charge is 0.292 e. The maximum Gasteiger partial charge on any atom is 0.293 e. The third-order valence-electron chi connectivity index (χ3n) is 5.38. The Kier molecular flexibility index (Phi) is 5.08. The highest BCUT2D eigenvalue weighted by Crippen LogP contribution is 2.24. The topological polar surface area (TPSA) is 69.8 Å². The molecule has 6 heteroatoms. The number of hydrogen-bond acceptors (Lipinski definition) is 4. The molecule has 0 spiro atoms. The van der Waals surface area contributed by atoms with Gasteiger partial charge in [0, 0.05) is 10.9 Å². The highest BCUT2D eigenvalue weighted by atomic mass is 16.1. The number of ketones is 1. The molecule has 0 N–H and O–H groups in total. The lowest BCUT2D eigenvalue weighted by Gasteiger charge is -2.12. The summed E-state index contributed by atoms with van der Waals surface area (Å²) in [6.45, 7) is 7.99. The third-order valence-corrected chi connectivity index (χ3v) is 5.38. The first kappa shape index (κ1) is 19.8. The van der Waals surface area contributed by atoms with Crippen molar-refractivity contribution in [3.05, 3.63) is 87.5 Å². The molecule has 0 fully saturated rings. The summed E-state index contributed by atoms with van der Waals surface area (Å²) in [5.74, 6) is -0.0833. The molecule has 0 saturated heterocycles. The maximum absolute atomic E-state index is 13.4. The minimum atomic E-state index is -0.325. The molecule has 0 atom stereocenters. The summed E-state index contributed by atoms with van der Waals surface area (Å²) in [7, 11) is 0. The lowest BCUT2D eigenvalue weighted by Crippen LogP contribution is -2.29. The van der Waals surface area contributed by atoms with Gasteiger partial charge < -0.3 is 0 Å². The van der Waals surface area contributed by atoms with E-state index in [9.17, 15) is 9.59 Å². The third kappa shape index (κ3) is 3.45. The first-order chi connectivity index (χ1) is 14.4. The molecule has 4 aromatic rings. The van der Waals surface area contributed by atoms with Crippen molar-refractivity contribution in [2.24, 2.45) is 0 Å². The number of carbonyl (C=O) groups excluding carboxylic acids is 1. The summed E-state index contributed by atoms with van der Waals surface area (Å²) >= 11 is 0. The van der Waals surface area contributed by atoms with E-state index in [1.54, 1.807) is 35.1 Å². The molecule has 0 aliphatic rings. The van der Waals surface area contributed by atoms with Crippen molar-refractivity contribution in [3.8, 4) is 5.69 Å². The van der Waals surface area contributed by atoms with Crippen LogP contribution >= 0.6 is 0 Å². The van der Waals surface area contributed by atoms with Crippen LogP contribution in [0.15, 0.2) is 59.5 Å². The van der Waals surface area contributed by atoms with Gasteiger partial charge in [0.1, 0.15) is 12.1 Å². The standard InChI is InChI=1S/C24H24N4O2/c1-15(2)22-20-13-25-28(19-11-10-16(3)17(4)12-19)23(20)24(30)27(26-22)14-21(29)18-8-6-5-7-9-18/h5-13,15H,14H2,1-4H3. The van der Waals surface area contributed by atoms with Crippen molar-refractivity contribution >= 4 is 16.7 Å². The normalized spacial score (nSPS) is 11.4. The number of aryl methyl sites for hydroxylation is 2. The molecule has 0 aliphatic carbocycles. The molecule has 2 heterocycles. The minimum absolute atomic E-state index is 0.0728. The van der Waals surface area contributed by atoms with E-state index in [0.717, 1.165) is 22.3 Å². The zero-order valence-corrected chi connectivity index (χ0v) is 17.6. The van der Waals surface area contributed by atoms with Crippen molar-refractivity contribution in [2.75, 3.05) is 0 Å². The van der Waals surface area contributed by atoms with E-state index in [0.29, 0.717) is 11.1 Å². The van der Waals surface area contributed by atoms with Gasteiger partial charge in [-0.1, -0.05) is 50.2 Å². The largest absolute Gasteiger partial charge is 0.293 e. The van der Waals surface area contributed by atoms with Crippen molar-refractivity contribution in [1.29, 1.82) is 0 Å². The molecule has 6 nitrogen and oxygen atoms in total. The molecule has 0 radical (unpaired) electrons. The molecule has 0 saturated carbocycles. The van der Waals surface area contributed by atoms with Crippen LogP contribution in [0.5, 0.6) is 0 Å². The fraction of sp³-hybridized carbons (Fsp3) is 0.250. The highest BCUT2D eigenvalue weighted by Gasteiger charge is 2.20. The number of Topliss-reactive ketones (excluding diaryl/α,β-unsaturated/α-hetero) is 1. The van der Waals surface area contributed by atoms with Crippen LogP contribution in [0, 0.1) is 13.8 Å². The number of fused-ring (bicyclic) bond motifs is 1. The molecule has 0 amide bonds. The molecular weight excluding hydrogens is 376 g/mol. The van der Waals surface area contributed by atoms with Gasteiger partial charge in [-0.3, -0.25) is 9.59 Å². The van der Waals surface area contributed by atoms with Gasteiger partial charge in [0.15, 0.2) is 5.78 Å². The lowest BCUT2D eigenvalue weighted by atomic mass is 10.1. The summed E-state index contributed by atoms with van der Waals surface area (Å²) in [5, 5.41) is 9.75. The van der Waals surface area contributed by atoms with E-state index < -0.39 is 0 Å². The lowest BCUT2D eigenvalue weighted by molar-refractivity contribution is 0.0965. The Bertz CT molecular complexity index is 1300. The zero-order chi connectivity index (χ0) is 21.4. The number of hydrogen-bond donors (Lipinski definition) is 0. The number of aromatic nitrogens is 4. The van der Waals surface area contributed by atoms with Gasteiger partial charge in [0.25, 0.3) is 5.56 Å². The summed E-state index contributed by atoms with van der Waals surface area (Å²) in [6.07, 6.45) is 1.69. The van der Waals surface area contributed by atoms with E-state index in [2.05, 4.69) is 10.2 Å². The number of rotatable bonds is 5. The molecule has 152 valence electrons. The van der Waals surface area contributed by atoms with E-state index in [1.807, 2.05) is 52.0 Å². The Morgan fingerprint density at radius 2 is 1.77 bits per heavy atom. The fourth-order valence-electron chi connectivity index (χ4n) is 3.53. The number of benzene rings is 2. The average molecular weight is 400 g/mol. The predicted octanol–water partition coefficient (Wildman–Crippen LogP) is 4.21. The zero-order valence-electron chi connectivity index (χ0n) is 17.6. The number of carbonyl (C=O) groups is 1. The van der Waals surface area contributed by atoms with E-state index >= 15 is 0 Å². The second kappa shape index (κ2) is 7.71. The van der Waals surface area contributed by atoms with Crippen LogP contribution in [-0.2, 0) is 6.54 Å². The van der Waals surface area contributed by atoms with Crippen molar-refractivity contribution in [3.63, 3.8) is 0 Å². The SMILES string of the molecule is Cc1ccc(-n2ncc3c(C(C)C)nn(CC(=O)c4ccccc4)c(=O)c32)cc1C. The van der Waals surface area contributed by atoms with Crippen molar-refractivity contribution in [2.45, 2.75) is 40.2 Å². The van der Waals surface area contributed by atoms with Crippen LogP contribution in [0.3, 0.4) is 0 Å². The van der Waals surface area contributed by atoms with Gasteiger partial charge in [-0.15, -0.1) is 0 Å². The van der Waals surface area contributed by atoms with Gasteiger partial charge in [-0.05, 0) is 43.0 Å².